The number of aryl methyl sites for hydroxylation is 1. The van der Waals surface area contributed by atoms with Gasteiger partial charge < -0.3 is 24.4 Å². The topological polar surface area (TPSA) is 76.4 Å². The number of hydrogen-bond donors (Lipinski definition) is 1. The van der Waals surface area contributed by atoms with Crippen molar-refractivity contribution >= 4 is 5.96 Å². The lowest BCUT2D eigenvalue weighted by atomic mass is 10.1. The molecule has 0 saturated carbocycles. The highest BCUT2D eigenvalue weighted by molar-refractivity contribution is 5.80. The molecule has 0 radical (unpaired) electrons. The van der Waals surface area contributed by atoms with Crippen LogP contribution in [0.1, 0.15) is 11.1 Å². The molecule has 1 aliphatic rings. The minimum absolute atomic E-state index is 0.625. The van der Waals surface area contributed by atoms with Crippen LogP contribution >= 0.6 is 0 Å². The Kier molecular flexibility index (Phi) is 8.00. The van der Waals surface area contributed by atoms with Gasteiger partial charge >= 0.3 is 0 Å². The molecule has 1 saturated heterocycles. The van der Waals surface area contributed by atoms with Crippen LogP contribution in [0.2, 0.25) is 0 Å². The Labute approximate surface area is 184 Å². The average Bonchev–Trinajstić information content (AvgIpc) is 3.21. The first-order chi connectivity index (χ1) is 15.1. The largest absolute Gasteiger partial charge is 0.493 e. The van der Waals surface area contributed by atoms with Gasteiger partial charge in [0.05, 0.1) is 27.5 Å². The molecule has 2 aromatic rings. The Bertz CT molecular complexity index is 849. The number of hydrogen-bond acceptors (Lipinski definition) is 6. The summed E-state index contributed by atoms with van der Waals surface area (Å²) in [7, 11) is 8.69. The van der Waals surface area contributed by atoms with Crippen molar-refractivity contribution in [2.45, 2.75) is 13.0 Å². The molecule has 1 N–H and O–H groups in total. The van der Waals surface area contributed by atoms with E-state index in [4.69, 9.17) is 14.2 Å². The highest BCUT2D eigenvalue weighted by Crippen LogP contribution is 2.38. The van der Waals surface area contributed by atoms with E-state index in [0.717, 1.165) is 57.2 Å². The zero-order chi connectivity index (χ0) is 22.2. The van der Waals surface area contributed by atoms with Crippen LogP contribution in [0.15, 0.2) is 29.5 Å². The minimum Gasteiger partial charge on any atom is -0.493 e. The van der Waals surface area contributed by atoms with Gasteiger partial charge in [-0.15, -0.1) is 0 Å². The maximum Gasteiger partial charge on any atom is 0.203 e. The van der Waals surface area contributed by atoms with Crippen LogP contribution in [0.5, 0.6) is 17.2 Å². The van der Waals surface area contributed by atoms with Crippen LogP contribution < -0.4 is 19.5 Å². The van der Waals surface area contributed by atoms with Gasteiger partial charge in [-0.05, 0) is 29.7 Å². The number of guanidine groups is 1. The summed E-state index contributed by atoms with van der Waals surface area (Å²) in [6, 6.07) is 4.04. The Hall–Kier alpha value is -2.94. The molecule has 9 heteroatoms. The molecule has 9 nitrogen and oxygen atoms in total. The number of nitrogens with one attached hydrogen (secondary N) is 1. The second-order valence-electron chi connectivity index (χ2n) is 7.54. The molecule has 170 valence electrons. The van der Waals surface area contributed by atoms with E-state index >= 15 is 0 Å². The van der Waals surface area contributed by atoms with Crippen LogP contribution in [0.25, 0.3) is 0 Å². The zero-order valence-corrected chi connectivity index (χ0v) is 19.2. The van der Waals surface area contributed by atoms with Crippen molar-refractivity contribution in [1.82, 2.24) is 24.9 Å². The number of piperazine rings is 1. The highest BCUT2D eigenvalue weighted by Gasteiger charge is 2.21. The number of rotatable bonds is 8. The van der Waals surface area contributed by atoms with Gasteiger partial charge in [-0.1, -0.05) is 0 Å². The molecule has 0 unspecified atom stereocenters. The average molecular weight is 431 g/mol. The number of ether oxygens (including phenoxy) is 3. The van der Waals surface area contributed by atoms with Crippen molar-refractivity contribution in [2.24, 2.45) is 12.0 Å². The number of aliphatic imine (C=N–C) groups is 1. The number of nitrogens with zero attached hydrogens (tertiary/aromatic N) is 5. The Morgan fingerprint density at radius 3 is 2.23 bits per heavy atom. The zero-order valence-electron chi connectivity index (χ0n) is 19.2. The normalized spacial score (nSPS) is 15.1. The third-order valence-corrected chi connectivity index (χ3v) is 5.47. The van der Waals surface area contributed by atoms with Gasteiger partial charge in [-0.2, -0.15) is 5.10 Å². The van der Waals surface area contributed by atoms with Gasteiger partial charge in [-0.25, -0.2) is 0 Å². The summed E-state index contributed by atoms with van der Waals surface area (Å²) >= 11 is 0. The smallest absolute Gasteiger partial charge is 0.203 e. The fourth-order valence-corrected chi connectivity index (χ4v) is 3.85. The van der Waals surface area contributed by atoms with Crippen molar-refractivity contribution < 1.29 is 14.2 Å². The van der Waals surface area contributed by atoms with Gasteiger partial charge in [0.1, 0.15) is 0 Å². The lowest BCUT2D eigenvalue weighted by Gasteiger charge is -2.36. The van der Waals surface area contributed by atoms with E-state index in [-0.39, 0.29) is 0 Å². The van der Waals surface area contributed by atoms with E-state index in [1.54, 1.807) is 21.3 Å². The molecule has 1 aromatic carbocycles. The molecule has 0 atom stereocenters. The van der Waals surface area contributed by atoms with Crippen molar-refractivity contribution in [3.8, 4) is 17.2 Å². The summed E-state index contributed by atoms with van der Waals surface area (Å²) in [4.78, 5) is 9.21. The standard InChI is InChI=1S/C22H34N6O3/c1-23-22(24-7-6-17-14-25-26(2)15-17)28-10-8-27(9-11-28)16-18-12-19(29-3)21(31-5)20(13-18)30-4/h12-15H,6-11,16H2,1-5H3,(H,23,24). The first-order valence-corrected chi connectivity index (χ1v) is 10.5. The fraction of sp³-hybridized carbons (Fsp3) is 0.545. The van der Waals surface area contributed by atoms with Crippen LogP contribution in [0.4, 0.5) is 0 Å². The Morgan fingerprint density at radius 2 is 1.71 bits per heavy atom. The molecule has 0 aliphatic carbocycles. The molecular formula is C22H34N6O3. The summed E-state index contributed by atoms with van der Waals surface area (Å²) < 4.78 is 18.2. The van der Waals surface area contributed by atoms with Gasteiger partial charge in [0.2, 0.25) is 5.75 Å². The maximum atomic E-state index is 5.48. The number of aromatic nitrogens is 2. The Balaban J connectivity index is 1.51. The van der Waals surface area contributed by atoms with Crippen molar-refractivity contribution in [3.63, 3.8) is 0 Å². The lowest BCUT2D eigenvalue weighted by molar-refractivity contribution is 0.172. The van der Waals surface area contributed by atoms with Crippen molar-refractivity contribution in [3.05, 3.63) is 35.7 Å². The molecule has 0 bridgehead atoms. The SMILES string of the molecule is CN=C(NCCc1cnn(C)c1)N1CCN(Cc2cc(OC)c(OC)c(OC)c2)CC1. The first-order valence-electron chi connectivity index (χ1n) is 10.5. The van der Waals surface area contributed by atoms with Gasteiger partial charge in [-0.3, -0.25) is 14.6 Å². The summed E-state index contributed by atoms with van der Waals surface area (Å²) in [5.41, 5.74) is 2.36. The summed E-state index contributed by atoms with van der Waals surface area (Å²) in [6.07, 6.45) is 4.88. The van der Waals surface area contributed by atoms with Crippen molar-refractivity contribution in [2.75, 3.05) is 61.1 Å². The third kappa shape index (κ3) is 5.81. The molecular weight excluding hydrogens is 396 g/mol. The molecule has 0 spiro atoms. The molecule has 1 aromatic heterocycles. The minimum atomic E-state index is 0.625. The third-order valence-electron chi connectivity index (χ3n) is 5.47. The predicted molar refractivity (Wildman–Crippen MR) is 121 cm³/mol. The second kappa shape index (κ2) is 10.9. The van der Waals surface area contributed by atoms with E-state index in [1.165, 1.54) is 5.56 Å². The van der Waals surface area contributed by atoms with E-state index in [9.17, 15) is 0 Å². The fourth-order valence-electron chi connectivity index (χ4n) is 3.85. The first kappa shape index (κ1) is 22.7. The van der Waals surface area contributed by atoms with E-state index < -0.39 is 0 Å². The lowest BCUT2D eigenvalue weighted by Crippen LogP contribution is -2.52. The molecule has 1 aliphatic heterocycles. The summed E-state index contributed by atoms with van der Waals surface area (Å²) in [6.45, 7) is 5.44. The quantitative estimate of drug-likeness (QED) is 0.501. The molecule has 3 rings (SSSR count). The molecule has 0 amide bonds. The van der Waals surface area contributed by atoms with Crippen LogP contribution in [-0.4, -0.2) is 86.6 Å². The van der Waals surface area contributed by atoms with Gasteiger partial charge in [0, 0.05) is 59.6 Å². The molecule has 1 fully saturated rings. The van der Waals surface area contributed by atoms with Crippen LogP contribution in [-0.2, 0) is 20.0 Å². The maximum absolute atomic E-state index is 5.48. The van der Waals surface area contributed by atoms with Gasteiger partial charge in [0.25, 0.3) is 0 Å². The predicted octanol–water partition coefficient (Wildman–Crippen LogP) is 1.38. The highest BCUT2D eigenvalue weighted by atomic mass is 16.5. The number of methoxy groups -OCH3 is 3. The van der Waals surface area contributed by atoms with Crippen LogP contribution in [0, 0.1) is 0 Å². The van der Waals surface area contributed by atoms with E-state index in [0.29, 0.717) is 17.2 Å². The molecule has 2 heterocycles. The van der Waals surface area contributed by atoms with E-state index in [2.05, 4.69) is 25.2 Å². The monoisotopic (exact) mass is 430 g/mol. The Morgan fingerprint density at radius 1 is 1.03 bits per heavy atom. The van der Waals surface area contributed by atoms with Crippen LogP contribution in [0.3, 0.4) is 0 Å². The van der Waals surface area contributed by atoms with E-state index in [1.807, 2.05) is 43.3 Å². The summed E-state index contributed by atoms with van der Waals surface area (Å²) in [5, 5.41) is 7.70. The van der Waals surface area contributed by atoms with Crippen molar-refractivity contribution in [1.29, 1.82) is 0 Å². The number of benzene rings is 1. The summed E-state index contributed by atoms with van der Waals surface area (Å²) in [5.74, 6) is 2.96. The molecule has 31 heavy (non-hydrogen) atoms. The second-order valence-corrected chi connectivity index (χ2v) is 7.54. The van der Waals surface area contributed by atoms with Gasteiger partial charge in [0.15, 0.2) is 17.5 Å².